The summed E-state index contributed by atoms with van der Waals surface area (Å²) in [5.74, 6) is -0.319. The van der Waals surface area contributed by atoms with Gasteiger partial charge in [-0.1, -0.05) is 0 Å². The van der Waals surface area contributed by atoms with Gasteiger partial charge >= 0.3 is 0 Å². The highest BCUT2D eigenvalue weighted by Crippen LogP contribution is 2.31. The lowest BCUT2D eigenvalue weighted by atomic mass is 10.2. The molecule has 1 saturated heterocycles. The number of nitrogens with one attached hydrogen (secondary N) is 1. The van der Waals surface area contributed by atoms with Crippen LogP contribution < -0.4 is 5.32 Å². The average molecular weight is 363 g/mol. The number of nitrogens with zero attached hydrogens (tertiary/aromatic N) is 3. The van der Waals surface area contributed by atoms with E-state index in [0.717, 1.165) is 36.8 Å². The number of carbonyl (C=O) groups is 1. The van der Waals surface area contributed by atoms with Gasteiger partial charge in [0, 0.05) is 17.7 Å². The van der Waals surface area contributed by atoms with E-state index >= 15 is 0 Å². The molecule has 7 heteroatoms. The van der Waals surface area contributed by atoms with Gasteiger partial charge in [0.05, 0.1) is 11.6 Å². The van der Waals surface area contributed by atoms with Crippen LogP contribution in [0.2, 0.25) is 0 Å². The molecule has 1 atom stereocenters. The fourth-order valence-electron chi connectivity index (χ4n) is 2.59. The number of amides is 1. The molecule has 0 spiro atoms. The number of fused-ring (bicyclic) bond motifs is 1. The van der Waals surface area contributed by atoms with Gasteiger partial charge in [-0.25, -0.2) is 4.68 Å². The van der Waals surface area contributed by atoms with E-state index in [0.29, 0.717) is 10.3 Å². The second-order valence-electron chi connectivity index (χ2n) is 5.17. The number of ether oxygens (including phenoxy) is 1. The molecule has 1 N–H and O–H groups in total. The molecule has 114 valence electrons. The van der Waals surface area contributed by atoms with E-state index in [9.17, 15) is 4.79 Å². The predicted molar refractivity (Wildman–Crippen MR) is 85.1 cm³/mol. The van der Waals surface area contributed by atoms with Crippen LogP contribution in [-0.4, -0.2) is 22.3 Å². The zero-order chi connectivity index (χ0) is 15.5. The summed E-state index contributed by atoms with van der Waals surface area (Å²) < 4.78 is 8.39. The highest BCUT2D eigenvalue weighted by Gasteiger charge is 2.20. The first-order valence-electron chi connectivity index (χ1n) is 7.15. The standard InChI is InChI=1S/C15H15BrN4O2/c16-15-11-9-10(18-13(21)6-7-17)4-5-12(11)20(19-15)14-3-1-2-8-22-14/h4-5,9,14H,1-3,6,8H2,(H,18,21). The van der Waals surface area contributed by atoms with E-state index in [1.807, 2.05) is 29.0 Å². The van der Waals surface area contributed by atoms with Crippen molar-refractivity contribution in [1.82, 2.24) is 9.78 Å². The van der Waals surface area contributed by atoms with Crippen LogP contribution in [0.5, 0.6) is 0 Å². The second-order valence-corrected chi connectivity index (χ2v) is 5.92. The lowest BCUT2D eigenvalue weighted by molar-refractivity contribution is -0.115. The van der Waals surface area contributed by atoms with Gasteiger partial charge in [0.1, 0.15) is 11.0 Å². The van der Waals surface area contributed by atoms with Crippen molar-refractivity contribution in [2.45, 2.75) is 31.9 Å². The minimum absolute atomic E-state index is 0.0402. The molecule has 2 aromatic rings. The molecule has 0 aliphatic carbocycles. The Morgan fingerprint density at radius 3 is 3.14 bits per heavy atom. The zero-order valence-corrected chi connectivity index (χ0v) is 13.5. The highest BCUT2D eigenvalue weighted by atomic mass is 79.9. The highest BCUT2D eigenvalue weighted by molar-refractivity contribution is 9.10. The molecule has 0 bridgehead atoms. The molecule has 1 aromatic carbocycles. The first-order valence-corrected chi connectivity index (χ1v) is 7.94. The number of nitriles is 1. The normalized spacial score (nSPS) is 18.1. The number of halogens is 1. The summed E-state index contributed by atoms with van der Waals surface area (Å²) in [5.41, 5.74) is 1.61. The Morgan fingerprint density at radius 1 is 1.55 bits per heavy atom. The van der Waals surface area contributed by atoms with Crippen LogP contribution in [0.4, 0.5) is 5.69 Å². The van der Waals surface area contributed by atoms with Crippen molar-refractivity contribution in [3.63, 3.8) is 0 Å². The van der Waals surface area contributed by atoms with E-state index in [-0.39, 0.29) is 18.6 Å². The van der Waals surface area contributed by atoms with Crippen LogP contribution in [0.1, 0.15) is 31.9 Å². The Kier molecular flexibility index (Phi) is 4.41. The third-order valence-electron chi connectivity index (χ3n) is 3.61. The molecule has 22 heavy (non-hydrogen) atoms. The van der Waals surface area contributed by atoms with Gasteiger partial charge in [-0.05, 0) is 53.4 Å². The minimum Gasteiger partial charge on any atom is -0.356 e. The number of aromatic nitrogens is 2. The van der Waals surface area contributed by atoms with Crippen LogP contribution in [0, 0.1) is 11.3 Å². The fourth-order valence-corrected chi connectivity index (χ4v) is 3.08. The third-order valence-corrected chi connectivity index (χ3v) is 4.20. The van der Waals surface area contributed by atoms with E-state index < -0.39 is 0 Å². The molecule has 0 saturated carbocycles. The monoisotopic (exact) mass is 362 g/mol. The number of rotatable bonds is 3. The summed E-state index contributed by atoms with van der Waals surface area (Å²) >= 11 is 3.46. The largest absolute Gasteiger partial charge is 0.356 e. The fraction of sp³-hybridized carbons (Fsp3) is 0.400. The molecule has 1 unspecified atom stereocenters. The van der Waals surface area contributed by atoms with E-state index in [1.54, 1.807) is 0 Å². The van der Waals surface area contributed by atoms with Crippen molar-refractivity contribution in [1.29, 1.82) is 5.26 Å². The number of carbonyl (C=O) groups excluding carboxylic acids is 1. The Bertz CT molecular complexity index is 744. The van der Waals surface area contributed by atoms with Gasteiger partial charge in [0.25, 0.3) is 0 Å². The van der Waals surface area contributed by atoms with Crippen molar-refractivity contribution in [2.75, 3.05) is 11.9 Å². The lowest BCUT2D eigenvalue weighted by Crippen LogP contribution is -2.19. The first kappa shape index (κ1) is 15.0. The number of benzene rings is 1. The molecule has 1 fully saturated rings. The summed E-state index contributed by atoms with van der Waals surface area (Å²) in [5, 5.41) is 16.7. The van der Waals surface area contributed by atoms with Crippen molar-refractivity contribution in [3.8, 4) is 6.07 Å². The quantitative estimate of drug-likeness (QED) is 0.907. The van der Waals surface area contributed by atoms with Crippen LogP contribution in [-0.2, 0) is 9.53 Å². The molecule has 1 amide bonds. The van der Waals surface area contributed by atoms with E-state index in [2.05, 4.69) is 26.3 Å². The number of anilines is 1. The summed E-state index contributed by atoms with van der Waals surface area (Å²) in [4.78, 5) is 11.5. The average Bonchev–Trinajstić information content (AvgIpc) is 2.85. The minimum atomic E-state index is -0.319. The molecule has 1 aliphatic rings. The Hall–Kier alpha value is -1.91. The van der Waals surface area contributed by atoms with Gasteiger partial charge in [0.2, 0.25) is 5.91 Å². The molecule has 2 heterocycles. The molecular formula is C15H15BrN4O2. The maximum Gasteiger partial charge on any atom is 0.238 e. The molecular weight excluding hydrogens is 348 g/mol. The van der Waals surface area contributed by atoms with Crippen LogP contribution >= 0.6 is 15.9 Å². The summed E-state index contributed by atoms with van der Waals surface area (Å²) in [7, 11) is 0. The zero-order valence-electron chi connectivity index (χ0n) is 11.9. The van der Waals surface area contributed by atoms with Gasteiger partial charge in [-0.15, -0.1) is 0 Å². The van der Waals surface area contributed by atoms with Gasteiger partial charge in [-0.3, -0.25) is 4.79 Å². The van der Waals surface area contributed by atoms with Crippen molar-refractivity contribution >= 4 is 38.4 Å². The first-order chi connectivity index (χ1) is 10.7. The Morgan fingerprint density at radius 2 is 2.41 bits per heavy atom. The summed E-state index contributed by atoms with van der Waals surface area (Å²) in [6.07, 6.45) is 2.97. The van der Waals surface area contributed by atoms with Gasteiger partial charge < -0.3 is 10.1 Å². The molecule has 1 aliphatic heterocycles. The van der Waals surface area contributed by atoms with Crippen molar-refractivity contribution < 1.29 is 9.53 Å². The van der Waals surface area contributed by atoms with E-state index in [1.165, 1.54) is 0 Å². The summed E-state index contributed by atoms with van der Waals surface area (Å²) in [6, 6.07) is 7.40. The second kappa shape index (κ2) is 6.46. The van der Waals surface area contributed by atoms with Gasteiger partial charge in [0.15, 0.2) is 6.23 Å². The molecule has 0 radical (unpaired) electrons. The maximum absolute atomic E-state index is 11.5. The smallest absolute Gasteiger partial charge is 0.238 e. The number of hydrogen-bond donors (Lipinski definition) is 1. The SMILES string of the molecule is N#CCC(=O)Nc1ccc2c(c1)c(Br)nn2C1CCCCO1. The Balaban J connectivity index is 1.91. The predicted octanol–water partition coefficient (Wildman–Crippen LogP) is 3.35. The third kappa shape index (κ3) is 2.98. The lowest BCUT2D eigenvalue weighted by Gasteiger charge is -2.23. The van der Waals surface area contributed by atoms with Crippen LogP contribution in [0.25, 0.3) is 10.9 Å². The van der Waals surface area contributed by atoms with Crippen LogP contribution in [0.3, 0.4) is 0 Å². The maximum atomic E-state index is 11.5. The molecule has 1 aromatic heterocycles. The number of hydrogen-bond acceptors (Lipinski definition) is 4. The summed E-state index contributed by atoms with van der Waals surface area (Å²) in [6.45, 7) is 0.756. The Labute approximate surface area is 136 Å². The van der Waals surface area contributed by atoms with Crippen LogP contribution in [0.15, 0.2) is 22.8 Å². The molecule has 6 nitrogen and oxygen atoms in total. The van der Waals surface area contributed by atoms with Crippen molar-refractivity contribution in [3.05, 3.63) is 22.8 Å². The van der Waals surface area contributed by atoms with Crippen molar-refractivity contribution in [2.24, 2.45) is 0 Å². The van der Waals surface area contributed by atoms with E-state index in [4.69, 9.17) is 10.00 Å². The topological polar surface area (TPSA) is 79.9 Å². The van der Waals surface area contributed by atoms with Gasteiger partial charge in [-0.2, -0.15) is 10.4 Å². The molecule has 3 rings (SSSR count).